The zero-order valence-corrected chi connectivity index (χ0v) is 8.04. The van der Waals surface area contributed by atoms with Crippen LogP contribution in [-0.2, 0) is 15.5 Å². The van der Waals surface area contributed by atoms with Gasteiger partial charge in [0.1, 0.15) is 0 Å². The summed E-state index contributed by atoms with van der Waals surface area (Å²) in [6, 6.07) is 3.74. The third-order valence-electron chi connectivity index (χ3n) is 1.54. The Balaban J connectivity index is 2.86. The molecular formula is C8H12N2OS. The van der Waals surface area contributed by atoms with Crippen molar-refractivity contribution < 1.29 is 4.21 Å². The average molecular weight is 184 g/mol. The fourth-order valence-corrected chi connectivity index (χ4v) is 1.78. The molecule has 0 saturated heterocycles. The molecule has 0 spiro atoms. The van der Waals surface area contributed by atoms with E-state index in [-0.39, 0.29) is 0 Å². The van der Waals surface area contributed by atoms with Gasteiger partial charge in [-0.25, -0.2) is 8.57 Å². The monoisotopic (exact) mass is 184 g/mol. The normalized spacial score (nSPS) is 15.2. The number of hydrogen-bond acceptors (Lipinski definition) is 3. The van der Waals surface area contributed by atoms with Crippen molar-refractivity contribution in [1.82, 2.24) is 4.98 Å². The van der Waals surface area contributed by atoms with Gasteiger partial charge in [-0.05, 0) is 11.6 Å². The van der Waals surface area contributed by atoms with Gasteiger partial charge in [-0.2, -0.15) is 0 Å². The van der Waals surface area contributed by atoms with Crippen LogP contribution in [0, 0.1) is 0 Å². The van der Waals surface area contributed by atoms with Crippen molar-refractivity contribution in [3.8, 4) is 0 Å². The quantitative estimate of drug-likeness (QED) is 0.695. The van der Waals surface area contributed by atoms with Crippen LogP contribution in [0.4, 0.5) is 0 Å². The van der Waals surface area contributed by atoms with Crippen LogP contribution in [-0.4, -0.2) is 22.5 Å². The lowest BCUT2D eigenvalue weighted by atomic mass is 10.3. The second-order valence-electron chi connectivity index (χ2n) is 2.65. The molecule has 0 bridgehead atoms. The molecule has 4 heteroatoms. The third-order valence-corrected chi connectivity index (χ3v) is 3.18. The van der Waals surface area contributed by atoms with Gasteiger partial charge in [-0.1, -0.05) is 6.07 Å². The van der Waals surface area contributed by atoms with Crippen LogP contribution in [0.1, 0.15) is 5.56 Å². The number of aromatic nitrogens is 1. The van der Waals surface area contributed by atoms with Crippen LogP contribution in [0.3, 0.4) is 0 Å². The Bertz CT molecular complexity index is 353. The van der Waals surface area contributed by atoms with E-state index in [1.807, 2.05) is 12.1 Å². The van der Waals surface area contributed by atoms with E-state index in [0.29, 0.717) is 5.75 Å². The molecule has 0 aliphatic carbocycles. The van der Waals surface area contributed by atoms with Crippen LogP contribution < -0.4 is 0 Å². The summed E-state index contributed by atoms with van der Waals surface area (Å²) in [6.45, 7) is 0. The molecule has 12 heavy (non-hydrogen) atoms. The van der Waals surface area contributed by atoms with Crippen molar-refractivity contribution in [2.24, 2.45) is 4.36 Å². The highest BCUT2D eigenvalue weighted by molar-refractivity contribution is 7.92. The van der Waals surface area contributed by atoms with Gasteiger partial charge in [0, 0.05) is 35.4 Å². The molecule has 0 aliphatic rings. The van der Waals surface area contributed by atoms with Crippen LogP contribution in [0.2, 0.25) is 0 Å². The van der Waals surface area contributed by atoms with E-state index >= 15 is 0 Å². The summed E-state index contributed by atoms with van der Waals surface area (Å²) in [5.41, 5.74) is 0.968. The Labute approximate surface area is 73.0 Å². The van der Waals surface area contributed by atoms with Gasteiger partial charge < -0.3 is 0 Å². The molecule has 1 rings (SSSR count). The molecule has 0 radical (unpaired) electrons. The molecule has 1 heterocycles. The molecule has 0 amide bonds. The molecule has 1 aromatic heterocycles. The van der Waals surface area contributed by atoms with Gasteiger partial charge in [0.25, 0.3) is 0 Å². The first-order chi connectivity index (χ1) is 5.64. The fraction of sp³-hybridized carbons (Fsp3) is 0.375. The summed E-state index contributed by atoms with van der Waals surface area (Å²) in [4.78, 5) is 3.94. The van der Waals surface area contributed by atoms with Crippen LogP contribution in [0.15, 0.2) is 28.9 Å². The van der Waals surface area contributed by atoms with E-state index in [0.717, 1.165) is 5.56 Å². The maximum Gasteiger partial charge on any atom is 0.0580 e. The first-order valence-corrected chi connectivity index (χ1v) is 5.70. The lowest BCUT2D eigenvalue weighted by Crippen LogP contribution is -2.00. The summed E-state index contributed by atoms with van der Waals surface area (Å²) >= 11 is 0. The van der Waals surface area contributed by atoms with E-state index in [1.54, 1.807) is 25.7 Å². The van der Waals surface area contributed by atoms with E-state index in [4.69, 9.17) is 0 Å². The maximum atomic E-state index is 11.5. The molecule has 0 aromatic carbocycles. The molecule has 3 nitrogen and oxygen atoms in total. The Kier molecular flexibility index (Phi) is 2.81. The smallest absolute Gasteiger partial charge is 0.0580 e. The molecule has 0 saturated carbocycles. The van der Waals surface area contributed by atoms with Gasteiger partial charge in [0.05, 0.1) is 5.75 Å². The molecule has 1 unspecified atom stereocenters. The molecule has 0 N–H and O–H groups in total. The van der Waals surface area contributed by atoms with E-state index < -0.39 is 9.73 Å². The highest BCUT2D eigenvalue weighted by atomic mass is 32.2. The number of nitrogens with zero attached hydrogens (tertiary/aromatic N) is 2. The van der Waals surface area contributed by atoms with Crippen LogP contribution in [0.5, 0.6) is 0 Å². The SMILES string of the molecule is CN=S(C)(=O)Cc1cccnc1. The molecule has 1 aromatic rings. The van der Waals surface area contributed by atoms with E-state index in [1.165, 1.54) is 0 Å². The molecule has 0 fully saturated rings. The summed E-state index contributed by atoms with van der Waals surface area (Å²) in [5.74, 6) is 0.483. The molecule has 0 aliphatic heterocycles. The van der Waals surface area contributed by atoms with E-state index in [9.17, 15) is 4.21 Å². The minimum atomic E-state index is -2.04. The van der Waals surface area contributed by atoms with Crippen molar-refractivity contribution in [1.29, 1.82) is 0 Å². The Morgan fingerprint density at radius 2 is 2.42 bits per heavy atom. The fourth-order valence-electron chi connectivity index (χ4n) is 0.857. The van der Waals surface area contributed by atoms with E-state index in [2.05, 4.69) is 9.35 Å². The molecule has 66 valence electrons. The summed E-state index contributed by atoms with van der Waals surface area (Å²) in [7, 11) is -0.456. The summed E-state index contributed by atoms with van der Waals surface area (Å²) < 4.78 is 15.3. The highest BCUT2D eigenvalue weighted by Gasteiger charge is 2.00. The van der Waals surface area contributed by atoms with Crippen molar-refractivity contribution in [3.63, 3.8) is 0 Å². The van der Waals surface area contributed by atoms with Crippen LogP contribution >= 0.6 is 0 Å². The average Bonchev–Trinajstić information content (AvgIpc) is 2.06. The van der Waals surface area contributed by atoms with Crippen LogP contribution in [0.25, 0.3) is 0 Å². The largest absolute Gasteiger partial charge is 0.264 e. The minimum absolute atomic E-state index is 0.483. The maximum absolute atomic E-state index is 11.5. The molecule has 1 atom stereocenters. The minimum Gasteiger partial charge on any atom is -0.264 e. The highest BCUT2D eigenvalue weighted by Crippen LogP contribution is 2.03. The van der Waals surface area contributed by atoms with Gasteiger partial charge in [0.15, 0.2) is 0 Å². The first-order valence-electron chi connectivity index (χ1n) is 3.61. The second-order valence-corrected chi connectivity index (χ2v) is 5.22. The Morgan fingerprint density at radius 1 is 1.67 bits per heavy atom. The van der Waals surface area contributed by atoms with Crippen molar-refractivity contribution in [2.75, 3.05) is 13.3 Å². The van der Waals surface area contributed by atoms with Gasteiger partial charge in [0.2, 0.25) is 0 Å². The van der Waals surface area contributed by atoms with Crippen molar-refractivity contribution in [2.45, 2.75) is 5.75 Å². The van der Waals surface area contributed by atoms with Crippen molar-refractivity contribution in [3.05, 3.63) is 30.1 Å². The zero-order chi connectivity index (χ0) is 9.03. The summed E-state index contributed by atoms with van der Waals surface area (Å²) in [6.07, 6.45) is 5.07. The predicted molar refractivity (Wildman–Crippen MR) is 50.4 cm³/mol. The Hall–Kier alpha value is -0.900. The third kappa shape index (κ3) is 2.62. The molecular weight excluding hydrogens is 172 g/mol. The standard InChI is InChI=1S/C8H12N2OS/c1-9-12(2,11)7-8-4-3-5-10-6-8/h3-6H,7H2,1-2H3. The predicted octanol–water partition coefficient (Wildman–Crippen LogP) is 1.31. The van der Waals surface area contributed by atoms with Gasteiger partial charge in [-0.15, -0.1) is 0 Å². The lowest BCUT2D eigenvalue weighted by Gasteiger charge is -2.01. The topological polar surface area (TPSA) is 42.3 Å². The number of rotatable bonds is 2. The zero-order valence-electron chi connectivity index (χ0n) is 7.23. The number of pyridine rings is 1. The van der Waals surface area contributed by atoms with Gasteiger partial charge in [-0.3, -0.25) is 4.98 Å². The first kappa shape index (κ1) is 9.19. The second kappa shape index (κ2) is 3.67. The lowest BCUT2D eigenvalue weighted by molar-refractivity contribution is 0.679. The summed E-state index contributed by atoms with van der Waals surface area (Å²) in [5, 5.41) is 0. The van der Waals surface area contributed by atoms with Gasteiger partial charge >= 0.3 is 0 Å². The van der Waals surface area contributed by atoms with Crippen molar-refractivity contribution >= 4 is 9.73 Å². The Morgan fingerprint density at radius 3 is 2.92 bits per heavy atom. The number of hydrogen-bond donors (Lipinski definition) is 0.